The van der Waals surface area contributed by atoms with Crippen molar-refractivity contribution in [3.8, 4) is 0 Å². The molecule has 1 heterocycles. The maximum Gasteiger partial charge on any atom is 0.221 e. The van der Waals surface area contributed by atoms with Crippen LogP contribution in [0.5, 0.6) is 0 Å². The Kier molecular flexibility index (Phi) is 5.23. The SMILES string of the molecule is [B]C(C)(CCCC)C(CC)Nc1nc(C)nn1C. The molecule has 100 valence electrons. The lowest BCUT2D eigenvalue weighted by Crippen LogP contribution is -2.34. The van der Waals surface area contributed by atoms with Gasteiger partial charge in [-0.25, -0.2) is 4.68 Å². The van der Waals surface area contributed by atoms with E-state index >= 15 is 0 Å². The van der Waals surface area contributed by atoms with Gasteiger partial charge in [0.05, 0.1) is 7.85 Å². The van der Waals surface area contributed by atoms with Crippen molar-refractivity contribution in [3.05, 3.63) is 5.82 Å². The quantitative estimate of drug-likeness (QED) is 0.754. The summed E-state index contributed by atoms with van der Waals surface area (Å²) >= 11 is 0. The molecular weight excluding hydrogens is 223 g/mol. The number of nitrogens with one attached hydrogen (secondary N) is 1. The third-order valence-electron chi connectivity index (χ3n) is 3.45. The number of unbranched alkanes of at least 4 members (excludes halogenated alkanes) is 1. The summed E-state index contributed by atoms with van der Waals surface area (Å²) in [6.45, 7) is 8.35. The van der Waals surface area contributed by atoms with Crippen molar-refractivity contribution < 1.29 is 0 Å². The number of nitrogens with zero attached hydrogens (tertiary/aromatic N) is 3. The Labute approximate surface area is 112 Å². The average Bonchev–Trinajstić information content (AvgIpc) is 2.61. The van der Waals surface area contributed by atoms with Crippen molar-refractivity contribution in [2.75, 3.05) is 5.32 Å². The molecule has 0 spiro atoms. The lowest BCUT2D eigenvalue weighted by molar-refractivity contribution is 0.444. The number of aromatic nitrogens is 3. The summed E-state index contributed by atoms with van der Waals surface area (Å²) < 4.78 is 1.77. The Hall–Kier alpha value is -0.995. The third-order valence-corrected chi connectivity index (χ3v) is 3.45. The molecule has 1 N–H and O–H groups in total. The smallest absolute Gasteiger partial charge is 0.221 e. The zero-order valence-electron chi connectivity index (χ0n) is 12.3. The molecule has 0 aliphatic heterocycles. The van der Waals surface area contributed by atoms with Crippen molar-refractivity contribution >= 4 is 13.8 Å². The predicted octanol–water partition coefficient (Wildman–Crippen LogP) is 2.85. The van der Waals surface area contributed by atoms with E-state index in [1.807, 2.05) is 14.0 Å². The Morgan fingerprint density at radius 3 is 2.56 bits per heavy atom. The molecule has 2 radical (unpaired) electrons. The van der Waals surface area contributed by atoms with E-state index in [9.17, 15) is 0 Å². The summed E-state index contributed by atoms with van der Waals surface area (Å²) in [6, 6.07) is 0.214. The van der Waals surface area contributed by atoms with Crippen LogP contribution in [-0.2, 0) is 7.05 Å². The highest BCUT2D eigenvalue weighted by Crippen LogP contribution is 2.35. The predicted molar refractivity (Wildman–Crippen MR) is 77.1 cm³/mol. The molecule has 1 aromatic heterocycles. The molecule has 0 saturated carbocycles. The van der Waals surface area contributed by atoms with Gasteiger partial charge in [0, 0.05) is 13.1 Å². The Morgan fingerprint density at radius 1 is 1.44 bits per heavy atom. The first kappa shape index (κ1) is 15.1. The molecule has 4 nitrogen and oxygen atoms in total. The van der Waals surface area contributed by atoms with E-state index in [1.165, 1.54) is 6.42 Å². The molecule has 2 unspecified atom stereocenters. The second-order valence-electron chi connectivity index (χ2n) is 5.32. The van der Waals surface area contributed by atoms with E-state index in [4.69, 9.17) is 7.85 Å². The highest BCUT2D eigenvalue weighted by Gasteiger charge is 2.28. The maximum absolute atomic E-state index is 6.44. The van der Waals surface area contributed by atoms with Gasteiger partial charge in [0.15, 0.2) is 0 Å². The lowest BCUT2D eigenvalue weighted by Gasteiger charge is -2.35. The molecule has 2 atom stereocenters. The van der Waals surface area contributed by atoms with Crippen LogP contribution in [0, 0.1) is 6.92 Å². The van der Waals surface area contributed by atoms with Gasteiger partial charge in [-0.05, 0) is 18.7 Å². The monoisotopic (exact) mass is 248 g/mol. The summed E-state index contributed by atoms with van der Waals surface area (Å²) in [6.07, 6.45) is 4.32. The Morgan fingerprint density at radius 2 is 2.11 bits per heavy atom. The van der Waals surface area contributed by atoms with Gasteiger partial charge in [0.2, 0.25) is 5.95 Å². The lowest BCUT2D eigenvalue weighted by atomic mass is 9.61. The fourth-order valence-electron chi connectivity index (χ4n) is 2.26. The van der Waals surface area contributed by atoms with Gasteiger partial charge in [-0.2, -0.15) is 10.1 Å². The number of hydrogen-bond acceptors (Lipinski definition) is 3. The van der Waals surface area contributed by atoms with E-state index in [0.717, 1.165) is 31.0 Å². The summed E-state index contributed by atoms with van der Waals surface area (Å²) in [5.41, 5.74) is 0. The second-order valence-corrected chi connectivity index (χ2v) is 5.32. The summed E-state index contributed by atoms with van der Waals surface area (Å²) in [5, 5.41) is 7.46. The molecule has 1 rings (SSSR count). The van der Waals surface area contributed by atoms with Crippen LogP contribution in [0.15, 0.2) is 0 Å². The summed E-state index contributed by atoms with van der Waals surface area (Å²) in [7, 11) is 8.34. The van der Waals surface area contributed by atoms with Crippen LogP contribution in [0.1, 0.15) is 52.3 Å². The van der Waals surface area contributed by atoms with Crippen LogP contribution in [0.25, 0.3) is 0 Å². The van der Waals surface area contributed by atoms with Crippen LogP contribution >= 0.6 is 0 Å². The van der Waals surface area contributed by atoms with Gasteiger partial charge in [-0.15, -0.1) is 0 Å². The van der Waals surface area contributed by atoms with Crippen LogP contribution in [-0.4, -0.2) is 28.7 Å². The van der Waals surface area contributed by atoms with E-state index < -0.39 is 0 Å². The van der Waals surface area contributed by atoms with Crippen LogP contribution in [0.4, 0.5) is 5.95 Å². The molecule has 18 heavy (non-hydrogen) atoms. The summed E-state index contributed by atoms with van der Waals surface area (Å²) in [5.74, 6) is 1.58. The average molecular weight is 248 g/mol. The van der Waals surface area contributed by atoms with Gasteiger partial charge in [0.1, 0.15) is 5.82 Å². The third kappa shape index (κ3) is 3.75. The van der Waals surface area contributed by atoms with Gasteiger partial charge in [-0.1, -0.05) is 40.0 Å². The first-order chi connectivity index (χ1) is 8.40. The van der Waals surface area contributed by atoms with E-state index in [-0.39, 0.29) is 11.4 Å². The molecular formula is C13H25BN4. The molecule has 0 saturated heterocycles. The van der Waals surface area contributed by atoms with Crippen LogP contribution < -0.4 is 5.32 Å². The van der Waals surface area contributed by atoms with Gasteiger partial charge < -0.3 is 5.32 Å². The first-order valence-corrected chi connectivity index (χ1v) is 6.83. The Bertz CT molecular complexity index is 373. The highest BCUT2D eigenvalue weighted by molar-refractivity contribution is 6.15. The van der Waals surface area contributed by atoms with E-state index in [2.05, 4.69) is 36.2 Å². The van der Waals surface area contributed by atoms with Gasteiger partial charge in [-0.3, -0.25) is 0 Å². The van der Waals surface area contributed by atoms with Crippen molar-refractivity contribution in [2.24, 2.45) is 7.05 Å². The highest BCUT2D eigenvalue weighted by atomic mass is 15.4. The van der Waals surface area contributed by atoms with E-state index in [0.29, 0.717) is 0 Å². The number of aryl methyl sites for hydroxylation is 2. The van der Waals surface area contributed by atoms with Crippen molar-refractivity contribution in [3.63, 3.8) is 0 Å². The molecule has 0 bridgehead atoms. The first-order valence-electron chi connectivity index (χ1n) is 6.83. The molecule has 0 aliphatic carbocycles. The minimum atomic E-state index is -0.218. The number of hydrogen-bond donors (Lipinski definition) is 1. The number of rotatable bonds is 7. The van der Waals surface area contributed by atoms with Crippen molar-refractivity contribution in [1.29, 1.82) is 0 Å². The fourth-order valence-corrected chi connectivity index (χ4v) is 2.26. The minimum Gasteiger partial charge on any atom is -0.352 e. The molecule has 5 heteroatoms. The zero-order valence-corrected chi connectivity index (χ0v) is 12.3. The fraction of sp³-hybridized carbons (Fsp3) is 0.846. The normalized spacial score (nSPS) is 16.3. The molecule has 0 fully saturated rings. The molecule has 1 aromatic rings. The number of anilines is 1. The Balaban J connectivity index is 2.74. The standard InChI is InChI=1S/C13H25BN4/c1-6-8-9-13(4,14)11(7-2)16-12-15-10(3)17-18(12)5/h11H,6-9H2,1-5H3,(H,15,16,17). The summed E-state index contributed by atoms with van der Waals surface area (Å²) in [4.78, 5) is 4.38. The molecule has 0 aromatic carbocycles. The van der Waals surface area contributed by atoms with Crippen molar-refractivity contribution in [1.82, 2.24) is 14.8 Å². The van der Waals surface area contributed by atoms with Gasteiger partial charge >= 0.3 is 0 Å². The second kappa shape index (κ2) is 6.25. The molecule has 0 aliphatic rings. The largest absolute Gasteiger partial charge is 0.352 e. The van der Waals surface area contributed by atoms with Gasteiger partial charge in [0.25, 0.3) is 0 Å². The molecule has 0 amide bonds. The zero-order chi connectivity index (χ0) is 13.8. The van der Waals surface area contributed by atoms with Crippen LogP contribution in [0.3, 0.4) is 0 Å². The van der Waals surface area contributed by atoms with E-state index in [1.54, 1.807) is 4.68 Å². The topological polar surface area (TPSA) is 42.7 Å². The maximum atomic E-state index is 6.44. The van der Waals surface area contributed by atoms with Crippen molar-refractivity contribution in [2.45, 2.75) is 64.7 Å². The minimum absolute atomic E-state index is 0.214. The van der Waals surface area contributed by atoms with Crippen LogP contribution in [0.2, 0.25) is 5.31 Å².